The van der Waals surface area contributed by atoms with Crippen molar-refractivity contribution in [3.05, 3.63) is 48.0 Å². The first kappa shape index (κ1) is 13.6. The van der Waals surface area contributed by atoms with Crippen LogP contribution >= 0.6 is 0 Å². The van der Waals surface area contributed by atoms with E-state index >= 15 is 0 Å². The minimum absolute atomic E-state index is 0.307. The van der Waals surface area contributed by atoms with Crippen molar-refractivity contribution < 1.29 is 0 Å². The van der Waals surface area contributed by atoms with Crippen molar-refractivity contribution in [3.63, 3.8) is 0 Å². The van der Waals surface area contributed by atoms with E-state index in [1.54, 1.807) is 0 Å². The lowest BCUT2D eigenvalue weighted by Gasteiger charge is -2.16. The number of hydrogen-bond donors (Lipinski definition) is 1. The van der Waals surface area contributed by atoms with Gasteiger partial charge < -0.3 is 5.73 Å². The fourth-order valence-corrected chi connectivity index (χ4v) is 3.60. The fourth-order valence-electron chi connectivity index (χ4n) is 3.60. The van der Waals surface area contributed by atoms with E-state index < -0.39 is 0 Å². The summed E-state index contributed by atoms with van der Waals surface area (Å²) in [6.45, 7) is 0. The Labute approximate surface area is 122 Å². The quantitative estimate of drug-likeness (QED) is 0.836. The third kappa shape index (κ3) is 3.21. The normalized spacial score (nSPS) is 17.6. The Hall–Kier alpha value is -1.34. The molecule has 1 aliphatic rings. The van der Waals surface area contributed by atoms with E-state index in [9.17, 15) is 0 Å². The van der Waals surface area contributed by atoms with Crippen LogP contribution in [-0.2, 0) is 6.42 Å². The van der Waals surface area contributed by atoms with Gasteiger partial charge in [0.25, 0.3) is 0 Å². The fraction of sp³-hybridized carbons (Fsp3) is 0.474. The summed E-state index contributed by atoms with van der Waals surface area (Å²) in [5, 5.41) is 2.69. The van der Waals surface area contributed by atoms with Crippen molar-refractivity contribution in [2.75, 3.05) is 0 Å². The topological polar surface area (TPSA) is 26.0 Å². The molecule has 1 nitrogen and oxygen atoms in total. The van der Waals surface area contributed by atoms with Gasteiger partial charge in [0.1, 0.15) is 0 Å². The van der Waals surface area contributed by atoms with E-state index in [0.717, 1.165) is 12.3 Å². The zero-order valence-electron chi connectivity index (χ0n) is 12.2. The summed E-state index contributed by atoms with van der Waals surface area (Å²) in [6.07, 6.45) is 9.24. The van der Waals surface area contributed by atoms with Crippen molar-refractivity contribution in [1.29, 1.82) is 0 Å². The van der Waals surface area contributed by atoms with Crippen LogP contribution in [0.15, 0.2) is 42.5 Å². The molecule has 0 saturated heterocycles. The van der Waals surface area contributed by atoms with Crippen molar-refractivity contribution in [2.24, 2.45) is 11.7 Å². The second-order valence-corrected chi connectivity index (χ2v) is 6.33. The van der Waals surface area contributed by atoms with Crippen LogP contribution < -0.4 is 5.73 Å². The van der Waals surface area contributed by atoms with Crippen molar-refractivity contribution in [2.45, 2.75) is 51.0 Å². The summed E-state index contributed by atoms with van der Waals surface area (Å²) >= 11 is 0. The molecular weight excluding hydrogens is 242 g/mol. The highest BCUT2D eigenvalue weighted by molar-refractivity contribution is 5.85. The van der Waals surface area contributed by atoms with Gasteiger partial charge in [-0.2, -0.15) is 0 Å². The molecule has 1 heteroatoms. The molecule has 3 rings (SSSR count). The highest BCUT2D eigenvalue weighted by Gasteiger charge is 2.16. The molecule has 1 atom stereocenters. The summed E-state index contributed by atoms with van der Waals surface area (Å²) in [7, 11) is 0. The Balaban J connectivity index is 1.63. The first-order valence-corrected chi connectivity index (χ1v) is 8.05. The molecule has 1 unspecified atom stereocenters. The van der Waals surface area contributed by atoms with Gasteiger partial charge in [0.05, 0.1) is 0 Å². The highest BCUT2D eigenvalue weighted by atomic mass is 14.6. The Morgan fingerprint density at radius 1 is 1.00 bits per heavy atom. The smallest absolute Gasteiger partial charge is 0.00796 e. The summed E-state index contributed by atoms with van der Waals surface area (Å²) in [6, 6.07) is 15.5. The summed E-state index contributed by atoms with van der Waals surface area (Å²) in [5.74, 6) is 0.952. The Morgan fingerprint density at radius 2 is 1.75 bits per heavy atom. The summed E-state index contributed by atoms with van der Waals surface area (Å²) in [4.78, 5) is 0. The molecule has 0 radical (unpaired) electrons. The first-order chi connectivity index (χ1) is 9.83. The maximum atomic E-state index is 6.37. The Kier molecular flexibility index (Phi) is 4.37. The molecule has 0 heterocycles. The summed E-state index contributed by atoms with van der Waals surface area (Å²) < 4.78 is 0. The van der Waals surface area contributed by atoms with E-state index in [2.05, 4.69) is 42.5 Å². The minimum atomic E-state index is 0.307. The third-order valence-corrected chi connectivity index (χ3v) is 4.78. The molecule has 0 bridgehead atoms. The molecule has 2 aromatic rings. The highest BCUT2D eigenvalue weighted by Crippen LogP contribution is 2.29. The lowest BCUT2D eigenvalue weighted by Crippen LogP contribution is -2.23. The van der Waals surface area contributed by atoms with E-state index in [4.69, 9.17) is 5.73 Å². The second-order valence-electron chi connectivity index (χ2n) is 6.33. The molecule has 0 aliphatic heterocycles. The number of benzene rings is 2. The largest absolute Gasteiger partial charge is 0.327 e. The zero-order valence-corrected chi connectivity index (χ0v) is 12.2. The lowest BCUT2D eigenvalue weighted by molar-refractivity contribution is 0.447. The van der Waals surface area contributed by atoms with Crippen LogP contribution in [0, 0.1) is 5.92 Å². The van der Waals surface area contributed by atoms with Gasteiger partial charge in [0, 0.05) is 6.04 Å². The number of rotatable bonds is 5. The number of hydrogen-bond acceptors (Lipinski definition) is 1. The van der Waals surface area contributed by atoms with Gasteiger partial charge in [0.2, 0.25) is 0 Å². The van der Waals surface area contributed by atoms with E-state index in [-0.39, 0.29) is 0 Å². The molecule has 0 aromatic heterocycles. The van der Waals surface area contributed by atoms with Crippen LogP contribution in [-0.4, -0.2) is 6.04 Å². The maximum absolute atomic E-state index is 6.37. The van der Waals surface area contributed by atoms with E-state index in [0.29, 0.717) is 6.04 Å². The van der Waals surface area contributed by atoms with Gasteiger partial charge in [-0.3, -0.25) is 0 Å². The number of fused-ring (bicyclic) bond motifs is 1. The second kappa shape index (κ2) is 6.41. The first-order valence-electron chi connectivity index (χ1n) is 8.05. The van der Waals surface area contributed by atoms with Gasteiger partial charge >= 0.3 is 0 Å². The predicted molar refractivity (Wildman–Crippen MR) is 86.8 cm³/mol. The van der Waals surface area contributed by atoms with Crippen molar-refractivity contribution in [3.8, 4) is 0 Å². The van der Waals surface area contributed by atoms with Gasteiger partial charge in [-0.15, -0.1) is 0 Å². The molecule has 1 fully saturated rings. The van der Waals surface area contributed by atoms with Crippen LogP contribution in [0.3, 0.4) is 0 Å². The average Bonchev–Trinajstić information content (AvgIpc) is 2.99. The van der Waals surface area contributed by atoms with Crippen molar-refractivity contribution in [1.82, 2.24) is 0 Å². The predicted octanol–water partition coefficient (Wildman–Crippen LogP) is 4.68. The minimum Gasteiger partial charge on any atom is -0.327 e. The average molecular weight is 267 g/mol. The van der Waals surface area contributed by atoms with Crippen LogP contribution in [0.2, 0.25) is 0 Å². The SMILES string of the molecule is NC(CCC1CCCC1)Cc1cccc2ccccc12. The summed E-state index contributed by atoms with van der Waals surface area (Å²) in [5.41, 5.74) is 7.78. The molecule has 2 aromatic carbocycles. The molecule has 20 heavy (non-hydrogen) atoms. The van der Waals surface area contributed by atoms with E-state index in [1.807, 2.05) is 0 Å². The van der Waals surface area contributed by atoms with E-state index in [1.165, 1.54) is 54.9 Å². The Morgan fingerprint density at radius 3 is 2.60 bits per heavy atom. The molecule has 106 valence electrons. The molecule has 1 saturated carbocycles. The number of nitrogens with two attached hydrogens (primary N) is 1. The maximum Gasteiger partial charge on any atom is 0.00796 e. The van der Waals surface area contributed by atoms with Gasteiger partial charge in [0.15, 0.2) is 0 Å². The monoisotopic (exact) mass is 267 g/mol. The van der Waals surface area contributed by atoms with Crippen LogP contribution in [0.4, 0.5) is 0 Å². The molecular formula is C19H25N. The molecule has 2 N–H and O–H groups in total. The van der Waals surface area contributed by atoms with Gasteiger partial charge in [-0.1, -0.05) is 68.1 Å². The third-order valence-electron chi connectivity index (χ3n) is 4.78. The van der Waals surface area contributed by atoms with Crippen molar-refractivity contribution >= 4 is 10.8 Å². The van der Waals surface area contributed by atoms with Gasteiger partial charge in [-0.05, 0) is 41.5 Å². The lowest BCUT2D eigenvalue weighted by atomic mass is 9.93. The molecule has 0 spiro atoms. The van der Waals surface area contributed by atoms with Crippen LogP contribution in [0.5, 0.6) is 0 Å². The molecule has 1 aliphatic carbocycles. The Bertz CT molecular complexity index is 549. The zero-order chi connectivity index (χ0) is 13.8. The van der Waals surface area contributed by atoms with Gasteiger partial charge in [-0.25, -0.2) is 0 Å². The van der Waals surface area contributed by atoms with Crippen LogP contribution in [0.25, 0.3) is 10.8 Å². The van der Waals surface area contributed by atoms with Crippen LogP contribution in [0.1, 0.15) is 44.1 Å². The standard InChI is InChI=1S/C19H25N/c20-18(13-12-15-6-1-2-7-15)14-17-10-5-9-16-8-3-4-11-19(16)17/h3-5,8-11,15,18H,1-2,6-7,12-14,20H2. The molecule has 0 amide bonds.